The van der Waals surface area contributed by atoms with Gasteiger partial charge in [-0.3, -0.25) is 0 Å². The molecule has 2 nitrogen and oxygen atoms in total. The lowest BCUT2D eigenvalue weighted by molar-refractivity contribution is 0.591. The molecule has 0 spiro atoms. The molecule has 0 aliphatic rings. The molecule has 0 atom stereocenters. The number of nitrogens with zero attached hydrogens (tertiary/aromatic N) is 2. The molecule has 2 heteroatoms. The molecule has 0 unspecified atom stereocenters. The Bertz CT molecular complexity index is 2960. The maximum atomic E-state index is 2.48. The smallest absolute Gasteiger partial charge is 0.0541 e. The largest absolute Gasteiger partial charge is 0.309 e. The molecule has 0 radical (unpaired) electrons. The van der Waals surface area contributed by atoms with E-state index in [1.54, 1.807) is 0 Å². The minimum absolute atomic E-state index is 0.0358. The summed E-state index contributed by atoms with van der Waals surface area (Å²) in [4.78, 5) is 0. The Hall–Kier alpha value is -6.64. The summed E-state index contributed by atoms with van der Waals surface area (Å²) in [7, 11) is 0. The van der Waals surface area contributed by atoms with E-state index in [-0.39, 0.29) is 10.8 Å². The zero-order valence-corrected chi connectivity index (χ0v) is 34.2. The molecule has 0 bridgehead atoms. The number of benzene rings is 8. The minimum Gasteiger partial charge on any atom is -0.309 e. The van der Waals surface area contributed by atoms with Gasteiger partial charge >= 0.3 is 0 Å². The molecule has 2 aromatic heterocycles. The fraction of sp³-hybridized carbons (Fsp3) is 0.143. The lowest BCUT2D eigenvalue weighted by Gasteiger charge is -2.20. The van der Waals surface area contributed by atoms with E-state index in [0.717, 1.165) is 16.9 Å². The number of hydrogen-bond donors (Lipinski definition) is 0. The summed E-state index contributed by atoms with van der Waals surface area (Å²) in [6.45, 7) is 13.8. The Morgan fingerprint density at radius 3 is 1.03 bits per heavy atom. The monoisotopic (exact) mass is 748 g/mol. The summed E-state index contributed by atoms with van der Waals surface area (Å²) < 4.78 is 4.96. The zero-order chi connectivity index (χ0) is 39.8. The van der Waals surface area contributed by atoms with Gasteiger partial charge < -0.3 is 9.13 Å². The van der Waals surface area contributed by atoms with Crippen LogP contribution in [0.4, 0.5) is 0 Å². The summed E-state index contributed by atoms with van der Waals surface area (Å²) >= 11 is 0. The van der Waals surface area contributed by atoms with Crippen LogP contribution in [0, 0.1) is 0 Å². The highest BCUT2D eigenvalue weighted by atomic mass is 15.0. The van der Waals surface area contributed by atoms with Gasteiger partial charge in [0.15, 0.2) is 0 Å². The summed E-state index contributed by atoms with van der Waals surface area (Å²) in [5.41, 5.74) is 17.0. The quantitative estimate of drug-likeness (QED) is 0.166. The second kappa shape index (κ2) is 13.5. The van der Waals surface area contributed by atoms with E-state index in [2.05, 4.69) is 233 Å². The molecule has 0 amide bonds. The highest BCUT2D eigenvalue weighted by Crippen LogP contribution is 2.41. The average molecular weight is 749 g/mol. The first kappa shape index (κ1) is 35.8. The maximum absolute atomic E-state index is 2.48. The van der Waals surface area contributed by atoms with Crippen molar-refractivity contribution in [3.63, 3.8) is 0 Å². The van der Waals surface area contributed by atoms with Crippen molar-refractivity contribution < 1.29 is 0 Å². The molecule has 0 fully saturated rings. The summed E-state index contributed by atoms with van der Waals surface area (Å²) in [6, 6.07) is 67.7. The summed E-state index contributed by atoms with van der Waals surface area (Å²) in [5.74, 6) is 0. The van der Waals surface area contributed by atoms with Gasteiger partial charge in [0, 0.05) is 32.9 Å². The molecule has 0 aliphatic carbocycles. The standard InChI is InChI=1S/C56H48N2/c1-55(2,3)43-25-27-53-49(34-43)47-21-13-15-23-51(47)57(53)45-32-42(41-30-39(37-17-9-7-10-18-37)29-40(31-41)38-19-11-8-12-20-38)33-46(36-45)58-52-24-16-14-22-48(52)50-35-44(56(4,5)6)26-28-54(50)58/h7-36H,1-6H3. The first-order valence-corrected chi connectivity index (χ1v) is 20.5. The normalized spacial score (nSPS) is 12.3. The SMILES string of the molecule is CC(C)(C)c1ccc2c(c1)c1ccccc1n2-c1cc(-c2cc(-c3ccccc3)cc(-c3ccccc3)c2)cc(-n2c3ccccc3c3cc(C(C)(C)C)ccc32)c1. The first-order valence-electron chi connectivity index (χ1n) is 20.5. The Morgan fingerprint density at radius 2 is 0.621 bits per heavy atom. The van der Waals surface area contributed by atoms with Crippen LogP contribution in [0.25, 0.3) is 88.4 Å². The molecule has 58 heavy (non-hydrogen) atoms. The predicted molar refractivity (Wildman–Crippen MR) is 249 cm³/mol. The molecule has 8 aromatic carbocycles. The van der Waals surface area contributed by atoms with E-state index in [9.17, 15) is 0 Å². The third-order valence-corrected chi connectivity index (χ3v) is 12.0. The van der Waals surface area contributed by atoms with Gasteiger partial charge in [0.05, 0.1) is 22.1 Å². The van der Waals surface area contributed by atoms with E-state index in [1.807, 2.05) is 0 Å². The molecule has 282 valence electrons. The van der Waals surface area contributed by atoms with Gasteiger partial charge in [0.25, 0.3) is 0 Å². The van der Waals surface area contributed by atoms with E-state index in [1.165, 1.54) is 82.6 Å². The molecule has 2 heterocycles. The number of aromatic nitrogens is 2. The lowest BCUT2D eigenvalue weighted by atomic mass is 9.86. The highest BCUT2D eigenvalue weighted by molar-refractivity contribution is 6.11. The molecule has 0 N–H and O–H groups in total. The molecular weight excluding hydrogens is 701 g/mol. The third-order valence-electron chi connectivity index (χ3n) is 12.0. The maximum Gasteiger partial charge on any atom is 0.0541 e. The van der Waals surface area contributed by atoms with E-state index in [0.29, 0.717) is 0 Å². The highest BCUT2D eigenvalue weighted by Gasteiger charge is 2.22. The van der Waals surface area contributed by atoms with Gasteiger partial charge in [-0.1, -0.05) is 151 Å². The van der Waals surface area contributed by atoms with Gasteiger partial charge in [-0.15, -0.1) is 0 Å². The van der Waals surface area contributed by atoms with Crippen LogP contribution in [-0.2, 0) is 10.8 Å². The summed E-state index contributed by atoms with van der Waals surface area (Å²) in [6.07, 6.45) is 0. The van der Waals surface area contributed by atoms with Crippen LogP contribution in [0.1, 0.15) is 52.7 Å². The van der Waals surface area contributed by atoms with E-state index in [4.69, 9.17) is 0 Å². The number of rotatable bonds is 5. The molecule has 0 saturated carbocycles. The van der Waals surface area contributed by atoms with Gasteiger partial charge in [-0.2, -0.15) is 0 Å². The van der Waals surface area contributed by atoms with Crippen LogP contribution in [0.3, 0.4) is 0 Å². The Labute approximate surface area is 341 Å². The van der Waals surface area contributed by atoms with Crippen LogP contribution in [0.2, 0.25) is 0 Å². The Morgan fingerprint density at radius 1 is 0.276 bits per heavy atom. The average Bonchev–Trinajstić information content (AvgIpc) is 3.76. The zero-order valence-electron chi connectivity index (χ0n) is 34.2. The molecule has 0 aliphatic heterocycles. The second-order valence-corrected chi connectivity index (χ2v) is 17.9. The Balaban J connectivity index is 1.31. The molecule has 0 saturated heterocycles. The second-order valence-electron chi connectivity index (χ2n) is 17.9. The van der Waals surface area contributed by atoms with Crippen molar-refractivity contribution >= 4 is 43.6 Å². The predicted octanol–water partition coefficient (Wildman–Crippen LogP) is 15.5. The van der Waals surface area contributed by atoms with Crippen molar-refractivity contribution in [1.29, 1.82) is 0 Å². The van der Waals surface area contributed by atoms with E-state index < -0.39 is 0 Å². The van der Waals surface area contributed by atoms with Crippen molar-refractivity contribution in [3.05, 3.63) is 193 Å². The minimum atomic E-state index is 0.0358. The van der Waals surface area contributed by atoms with Crippen LogP contribution in [0.5, 0.6) is 0 Å². The molecular formula is C56H48N2. The van der Waals surface area contributed by atoms with Gasteiger partial charge in [-0.05, 0) is 128 Å². The summed E-state index contributed by atoms with van der Waals surface area (Å²) in [5, 5.41) is 5.08. The van der Waals surface area contributed by atoms with Crippen molar-refractivity contribution in [3.8, 4) is 44.8 Å². The number of para-hydroxylation sites is 2. The van der Waals surface area contributed by atoms with Crippen LogP contribution >= 0.6 is 0 Å². The molecule has 10 aromatic rings. The van der Waals surface area contributed by atoms with Crippen LogP contribution in [0.15, 0.2) is 182 Å². The number of fused-ring (bicyclic) bond motifs is 6. The fourth-order valence-corrected chi connectivity index (χ4v) is 8.84. The number of hydrogen-bond acceptors (Lipinski definition) is 0. The van der Waals surface area contributed by atoms with Crippen molar-refractivity contribution in [2.45, 2.75) is 52.4 Å². The fourth-order valence-electron chi connectivity index (χ4n) is 8.84. The first-order chi connectivity index (χ1) is 28.0. The van der Waals surface area contributed by atoms with Crippen LogP contribution in [-0.4, -0.2) is 9.13 Å². The van der Waals surface area contributed by atoms with E-state index >= 15 is 0 Å². The topological polar surface area (TPSA) is 9.86 Å². The third kappa shape index (κ3) is 6.12. The Kier molecular flexibility index (Phi) is 8.32. The van der Waals surface area contributed by atoms with Gasteiger partial charge in [0.2, 0.25) is 0 Å². The van der Waals surface area contributed by atoms with Crippen molar-refractivity contribution in [2.24, 2.45) is 0 Å². The van der Waals surface area contributed by atoms with Gasteiger partial charge in [-0.25, -0.2) is 0 Å². The molecule has 10 rings (SSSR count). The van der Waals surface area contributed by atoms with Crippen LogP contribution < -0.4 is 0 Å². The lowest BCUT2D eigenvalue weighted by Crippen LogP contribution is -2.10. The van der Waals surface area contributed by atoms with Crippen molar-refractivity contribution in [1.82, 2.24) is 9.13 Å². The van der Waals surface area contributed by atoms with Gasteiger partial charge in [0.1, 0.15) is 0 Å². The van der Waals surface area contributed by atoms with Crippen molar-refractivity contribution in [2.75, 3.05) is 0 Å².